The number of aromatic nitrogens is 1. The van der Waals surface area contributed by atoms with E-state index in [1.165, 1.54) is 11.3 Å². The molecule has 0 saturated heterocycles. The summed E-state index contributed by atoms with van der Waals surface area (Å²) in [6.45, 7) is 3.91. The molecular weight excluding hydrogens is 222 g/mol. The van der Waals surface area contributed by atoms with Crippen molar-refractivity contribution in [3.8, 4) is 0 Å². The second-order valence-corrected chi connectivity index (χ2v) is 4.54. The number of furan rings is 1. The van der Waals surface area contributed by atoms with Crippen molar-refractivity contribution in [1.29, 1.82) is 0 Å². The van der Waals surface area contributed by atoms with Crippen molar-refractivity contribution in [3.63, 3.8) is 0 Å². The number of rotatable bonds is 4. The Morgan fingerprint density at radius 1 is 1.56 bits per heavy atom. The number of aryl methyl sites for hydroxylation is 2. The number of nitrogens with zero attached hydrogens (tertiary/aromatic N) is 1. The van der Waals surface area contributed by atoms with Crippen LogP contribution in [-0.4, -0.2) is 10.8 Å². The maximum absolute atomic E-state index is 12.0. The van der Waals surface area contributed by atoms with Gasteiger partial charge in [-0.3, -0.25) is 4.79 Å². The monoisotopic (exact) mass is 235 g/mol. The summed E-state index contributed by atoms with van der Waals surface area (Å²) < 4.78 is 5.24. The molecule has 4 heteroatoms. The van der Waals surface area contributed by atoms with E-state index in [1.54, 1.807) is 12.3 Å². The molecule has 16 heavy (non-hydrogen) atoms. The van der Waals surface area contributed by atoms with Crippen molar-refractivity contribution in [2.24, 2.45) is 0 Å². The molecule has 2 aromatic heterocycles. The van der Waals surface area contributed by atoms with E-state index in [9.17, 15) is 4.79 Å². The molecule has 2 rings (SSSR count). The zero-order chi connectivity index (χ0) is 11.5. The minimum atomic E-state index is 0.0833. The molecule has 0 aromatic carbocycles. The van der Waals surface area contributed by atoms with Gasteiger partial charge in [-0.05, 0) is 13.0 Å². The largest absolute Gasteiger partial charge is 0.469 e. The number of hydrogen-bond acceptors (Lipinski definition) is 4. The molecule has 0 amide bonds. The SMILES string of the molecule is CCc1occc1C(=O)Cc1nc(C)cs1. The highest BCUT2D eigenvalue weighted by atomic mass is 32.1. The van der Waals surface area contributed by atoms with Crippen LogP contribution in [0.4, 0.5) is 0 Å². The Morgan fingerprint density at radius 2 is 2.38 bits per heavy atom. The van der Waals surface area contributed by atoms with Crippen LogP contribution in [0.3, 0.4) is 0 Å². The first-order valence-corrected chi connectivity index (χ1v) is 6.09. The third-order valence-electron chi connectivity index (χ3n) is 2.35. The minimum Gasteiger partial charge on any atom is -0.469 e. The molecule has 0 bridgehead atoms. The van der Waals surface area contributed by atoms with Gasteiger partial charge >= 0.3 is 0 Å². The van der Waals surface area contributed by atoms with Crippen LogP contribution in [0.5, 0.6) is 0 Å². The van der Waals surface area contributed by atoms with Gasteiger partial charge in [0.15, 0.2) is 5.78 Å². The molecule has 0 aliphatic rings. The van der Waals surface area contributed by atoms with Gasteiger partial charge in [0.2, 0.25) is 0 Å². The Kier molecular flexibility index (Phi) is 3.19. The minimum absolute atomic E-state index is 0.0833. The van der Waals surface area contributed by atoms with Crippen molar-refractivity contribution < 1.29 is 9.21 Å². The van der Waals surface area contributed by atoms with Gasteiger partial charge < -0.3 is 4.42 Å². The Labute approximate surface area is 98.1 Å². The molecule has 0 radical (unpaired) electrons. The van der Waals surface area contributed by atoms with E-state index in [0.29, 0.717) is 12.0 Å². The third kappa shape index (κ3) is 2.22. The first kappa shape index (κ1) is 11.1. The van der Waals surface area contributed by atoms with Crippen molar-refractivity contribution in [1.82, 2.24) is 4.98 Å². The summed E-state index contributed by atoms with van der Waals surface area (Å²) in [5.74, 6) is 0.846. The van der Waals surface area contributed by atoms with Crippen molar-refractivity contribution in [3.05, 3.63) is 39.7 Å². The topological polar surface area (TPSA) is 43.1 Å². The maximum Gasteiger partial charge on any atom is 0.173 e. The van der Waals surface area contributed by atoms with Crippen LogP contribution >= 0.6 is 11.3 Å². The van der Waals surface area contributed by atoms with Crippen LogP contribution in [-0.2, 0) is 12.8 Å². The fraction of sp³-hybridized carbons (Fsp3) is 0.333. The highest BCUT2D eigenvalue weighted by molar-refractivity contribution is 7.09. The molecule has 0 N–H and O–H groups in total. The molecule has 0 fully saturated rings. The van der Waals surface area contributed by atoms with E-state index in [0.717, 1.165) is 22.9 Å². The lowest BCUT2D eigenvalue weighted by molar-refractivity contribution is 0.0991. The van der Waals surface area contributed by atoms with Crippen LogP contribution < -0.4 is 0 Å². The van der Waals surface area contributed by atoms with E-state index in [1.807, 2.05) is 19.2 Å². The number of ketones is 1. The maximum atomic E-state index is 12.0. The lowest BCUT2D eigenvalue weighted by Gasteiger charge is -1.97. The summed E-state index contributed by atoms with van der Waals surface area (Å²) in [6.07, 6.45) is 2.68. The number of Topliss-reactive ketones (excluding diaryl/α,β-unsaturated/α-hetero) is 1. The van der Waals surface area contributed by atoms with Crippen LogP contribution in [0.25, 0.3) is 0 Å². The predicted octanol–water partition coefficient (Wildman–Crippen LogP) is 3.03. The first-order valence-electron chi connectivity index (χ1n) is 5.21. The quantitative estimate of drug-likeness (QED) is 0.765. The number of thiazole rings is 1. The number of hydrogen-bond donors (Lipinski definition) is 0. The van der Waals surface area contributed by atoms with Crippen LogP contribution in [0.1, 0.15) is 33.7 Å². The Balaban J connectivity index is 2.14. The van der Waals surface area contributed by atoms with Gasteiger partial charge in [-0.15, -0.1) is 11.3 Å². The van der Waals surface area contributed by atoms with Crippen molar-refractivity contribution in [2.45, 2.75) is 26.7 Å². The molecule has 0 aliphatic heterocycles. The highest BCUT2D eigenvalue weighted by Crippen LogP contribution is 2.16. The van der Waals surface area contributed by atoms with Gasteiger partial charge in [-0.25, -0.2) is 4.98 Å². The molecular formula is C12H13NO2S. The second kappa shape index (κ2) is 4.61. The average Bonchev–Trinajstić information content (AvgIpc) is 2.86. The lowest BCUT2D eigenvalue weighted by atomic mass is 10.1. The zero-order valence-electron chi connectivity index (χ0n) is 9.32. The molecule has 0 atom stereocenters. The predicted molar refractivity (Wildman–Crippen MR) is 63.0 cm³/mol. The van der Waals surface area contributed by atoms with Crippen molar-refractivity contribution >= 4 is 17.1 Å². The van der Waals surface area contributed by atoms with Gasteiger partial charge in [0, 0.05) is 17.5 Å². The van der Waals surface area contributed by atoms with Gasteiger partial charge in [-0.2, -0.15) is 0 Å². The molecule has 0 spiro atoms. The Hall–Kier alpha value is -1.42. The number of carbonyl (C=O) groups is 1. The molecule has 0 unspecified atom stereocenters. The van der Waals surface area contributed by atoms with Crippen LogP contribution in [0.2, 0.25) is 0 Å². The fourth-order valence-corrected chi connectivity index (χ4v) is 2.35. The molecule has 0 saturated carbocycles. The van der Waals surface area contributed by atoms with Crippen LogP contribution in [0.15, 0.2) is 22.1 Å². The molecule has 3 nitrogen and oxygen atoms in total. The summed E-state index contributed by atoms with van der Waals surface area (Å²) in [6, 6.07) is 1.74. The second-order valence-electron chi connectivity index (χ2n) is 3.59. The van der Waals surface area contributed by atoms with E-state index in [-0.39, 0.29) is 5.78 Å². The Bertz CT molecular complexity index is 499. The lowest BCUT2D eigenvalue weighted by Crippen LogP contribution is -2.04. The summed E-state index contributed by atoms with van der Waals surface area (Å²) >= 11 is 1.53. The van der Waals surface area contributed by atoms with Crippen molar-refractivity contribution in [2.75, 3.05) is 0 Å². The van der Waals surface area contributed by atoms with Crippen LogP contribution in [0, 0.1) is 6.92 Å². The fourth-order valence-electron chi connectivity index (χ4n) is 1.58. The average molecular weight is 235 g/mol. The smallest absolute Gasteiger partial charge is 0.173 e. The molecule has 2 aromatic rings. The highest BCUT2D eigenvalue weighted by Gasteiger charge is 2.15. The normalized spacial score (nSPS) is 10.6. The summed E-state index contributed by atoms with van der Waals surface area (Å²) in [4.78, 5) is 16.3. The van der Waals surface area contributed by atoms with E-state index >= 15 is 0 Å². The Morgan fingerprint density at radius 3 is 3.00 bits per heavy atom. The van der Waals surface area contributed by atoms with E-state index in [2.05, 4.69) is 4.98 Å². The molecule has 2 heterocycles. The summed E-state index contributed by atoms with van der Waals surface area (Å²) in [5, 5.41) is 2.82. The van der Waals surface area contributed by atoms with E-state index in [4.69, 9.17) is 4.42 Å². The summed E-state index contributed by atoms with van der Waals surface area (Å²) in [5.41, 5.74) is 1.66. The first-order chi connectivity index (χ1) is 7.70. The number of carbonyl (C=O) groups excluding carboxylic acids is 1. The van der Waals surface area contributed by atoms with Gasteiger partial charge in [0.05, 0.1) is 18.2 Å². The molecule has 84 valence electrons. The van der Waals surface area contributed by atoms with E-state index < -0.39 is 0 Å². The standard InChI is InChI=1S/C12H13NO2S/c1-3-11-9(4-5-15-11)10(14)6-12-13-8(2)7-16-12/h4-5,7H,3,6H2,1-2H3. The van der Waals surface area contributed by atoms with Gasteiger partial charge in [-0.1, -0.05) is 6.92 Å². The summed E-state index contributed by atoms with van der Waals surface area (Å²) in [7, 11) is 0. The molecule has 0 aliphatic carbocycles. The van der Waals surface area contributed by atoms with Gasteiger partial charge in [0.1, 0.15) is 10.8 Å². The van der Waals surface area contributed by atoms with Gasteiger partial charge in [0.25, 0.3) is 0 Å². The zero-order valence-corrected chi connectivity index (χ0v) is 10.1. The third-order valence-corrected chi connectivity index (χ3v) is 3.31.